The van der Waals surface area contributed by atoms with Gasteiger partial charge in [0, 0.05) is 12.6 Å². The van der Waals surface area contributed by atoms with Crippen LogP contribution in [0.5, 0.6) is 5.75 Å². The average Bonchev–Trinajstić information content (AvgIpc) is 3.48. The summed E-state index contributed by atoms with van der Waals surface area (Å²) in [5, 5.41) is 3.11. The fraction of sp³-hybridized carbons (Fsp3) is 0.619. The van der Waals surface area contributed by atoms with E-state index in [4.69, 9.17) is 9.47 Å². The van der Waals surface area contributed by atoms with E-state index in [2.05, 4.69) is 5.32 Å². The van der Waals surface area contributed by atoms with Gasteiger partial charge >= 0.3 is 5.97 Å². The van der Waals surface area contributed by atoms with Crippen LogP contribution in [0, 0.1) is 11.8 Å². The summed E-state index contributed by atoms with van der Waals surface area (Å²) in [5.74, 6) is 0.825. The number of hydrogen-bond acceptors (Lipinski definition) is 5. The minimum absolute atomic E-state index is 0.0220. The van der Waals surface area contributed by atoms with E-state index < -0.39 is 5.54 Å². The van der Waals surface area contributed by atoms with E-state index in [1.165, 1.54) is 20.0 Å². The lowest BCUT2D eigenvalue weighted by Crippen LogP contribution is -2.49. The first-order chi connectivity index (χ1) is 13.0. The first-order valence-electron chi connectivity index (χ1n) is 9.69. The van der Waals surface area contributed by atoms with Crippen molar-refractivity contribution in [3.05, 3.63) is 29.8 Å². The predicted octanol–water partition coefficient (Wildman–Crippen LogP) is 2.54. The van der Waals surface area contributed by atoms with Gasteiger partial charge in [0.25, 0.3) is 0 Å². The van der Waals surface area contributed by atoms with Crippen LogP contribution in [0.4, 0.5) is 0 Å². The van der Waals surface area contributed by atoms with Crippen molar-refractivity contribution in [2.45, 2.75) is 44.2 Å². The molecule has 27 heavy (non-hydrogen) atoms. The fourth-order valence-corrected chi connectivity index (χ4v) is 4.30. The van der Waals surface area contributed by atoms with Gasteiger partial charge in [-0.25, -0.2) is 0 Å². The maximum absolute atomic E-state index is 13.0. The molecule has 0 radical (unpaired) electrons. The number of likely N-dealkylation sites (N-methyl/N-ethyl adjacent to an activating group) is 1. The molecule has 0 unspecified atom stereocenters. The Hall–Kier alpha value is -2.08. The summed E-state index contributed by atoms with van der Waals surface area (Å²) in [7, 11) is 4.96. The van der Waals surface area contributed by atoms with Crippen LogP contribution in [-0.4, -0.2) is 50.1 Å². The molecule has 1 saturated heterocycles. The zero-order valence-electron chi connectivity index (χ0n) is 16.7. The molecule has 2 fully saturated rings. The molecule has 2 aliphatic rings. The summed E-state index contributed by atoms with van der Waals surface area (Å²) < 4.78 is 10.4. The molecule has 1 aliphatic heterocycles. The number of rotatable bonds is 7. The lowest BCUT2D eigenvalue weighted by molar-refractivity contribution is -0.153. The molecule has 0 spiro atoms. The molecular weight excluding hydrogens is 344 g/mol. The molecule has 1 saturated carbocycles. The first kappa shape index (κ1) is 19.7. The second kappa shape index (κ2) is 7.89. The summed E-state index contributed by atoms with van der Waals surface area (Å²) in [6.07, 6.45) is 3.43. The molecule has 0 aromatic heterocycles. The van der Waals surface area contributed by atoms with Crippen LogP contribution in [0.25, 0.3) is 0 Å². The molecular formula is C21H30N2O4. The summed E-state index contributed by atoms with van der Waals surface area (Å²) in [6, 6.07) is 7.56. The third-order valence-corrected chi connectivity index (χ3v) is 6.24. The highest BCUT2D eigenvalue weighted by atomic mass is 16.5. The van der Waals surface area contributed by atoms with E-state index in [1.807, 2.05) is 43.1 Å². The summed E-state index contributed by atoms with van der Waals surface area (Å²) in [4.78, 5) is 27.7. The second-order valence-electron chi connectivity index (χ2n) is 7.70. The molecule has 3 rings (SSSR count). The van der Waals surface area contributed by atoms with Gasteiger partial charge in [0.15, 0.2) is 0 Å². The number of amides is 1. The SMILES string of the molecule is CC[C@@]1(C(=O)OC)C[C@H](C(=O)NCC2CC2)[C@H](c2ccc(OC)cc2)N1C. The molecule has 148 valence electrons. The van der Waals surface area contributed by atoms with Gasteiger partial charge in [0.2, 0.25) is 5.91 Å². The largest absolute Gasteiger partial charge is 0.497 e. The molecule has 1 heterocycles. The average molecular weight is 374 g/mol. The van der Waals surface area contributed by atoms with E-state index in [0.717, 1.165) is 17.9 Å². The first-order valence-corrected chi connectivity index (χ1v) is 9.69. The van der Waals surface area contributed by atoms with Gasteiger partial charge in [-0.05, 0) is 56.3 Å². The van der Waals surface area contributed by atoms with Crippen molar-refractivity contribution >= 4 is 11.9 Å². The molecule has 1 aromatic carbocycles. The van der Waals surface area contributed by atoms with Crippen LogP contribution in [0.1, 0.15) is 44.2 Å². The zero-order chi connectivity index (χ0) is 19.6. The molecule has 6 heteroatoms. The van der Waals surface area contributed by atoms with E-state index in [0.29, 0.717) is 18.8 Å². The van der Waals surface area contributed by atoms with Crippen molar-refractivity contribution in [3.63, 3.8) is 0 Å². The van der Waals surface area contributed by atoms with E-state index >= 15 is 0 Å². The van der Waals surface area contributed by atoms with Crippen molar-refractivity contribution in [2.24, 2.45) is 11.8 Å². The predicted molar refractivity (Wildman–Crippen MR) is 102 cm³/mol. The Morgan fingerprint density at radius 1 is 1.22 bits per heavy atom. The lowest BCUT2D eigenvalue weighted by Gasteiger charge is -2.35. The van der Waals surface area contributed by atoms with E-state index in [-0.39, 0.29) is 23.8 Å². The third-order valence-electron chi connectivity index (χ3n) is 6.24. The monoisotopic (exact) mass is 374 g/mol. The molecule has 6 nitrogen and oxygen atoms in total. The fourth-order valence-electron chi connectivity index (χ4n) is 4.30. The Bertz CT molecular complexity index is 686. The zero-order valence-corrected chi connectivity index (χ0v) is 16.7. The lowest BCUT2D eigenvalue weighted by atomic mass is 9.87. The maximum atomic E-state index is 13.0. The quantitative estimate of drug-likeness (QED) is 0.743. The van der Waals surface area contributed by atoms with Gasteiger partial charge in [-0.2, -0.15) is 0 Å². The number of ether oxygens (including phenoxy) is 2. The maximum Gasteiger partial charge on any atom is 0.326 e. The second-order valence-corrected chi connectivity index (χ2v) is 7.70. The number of methoxy groups -OCH3 is 2. The highest BCUT2D eigenvalue weighted by molar-refractivity contribution is 5.86. The van der Waals surface area contributed by atoms with Gasteiger partial charge in [-0.1, -0.05) is 19.1 Å². The van der Waals surface area contributed by atoms with Crippen molar-refractivity contribution in [1.82, 2.24) is 10.2 Å². The summed E-state index contributed by atoms with van der Waals surface area (Å²) in [6.45, 7) is 2.70. The minimum Gasteiger partial charge on any atom is -0.497 e. The van der Waals surface area contributed by atoms with Gasteiger partial charge < -0.3 is 14.8 Å². The Morgan fingerprint density at radius 2 is 1.89 bits per heavy atom. The highest BCUT2D eigenvalue weighted by Gasteiger charge is 2.56. The van der Waals surface area contributed by atoms with Crippen molar-refractivity contribution in [2.75, 3.05) is 27.8 Å². The Labute approximate surface area is 161 Å². The van der Waals surface area contributed by atoms with Crippen LogP contribution >= 0.6 is 0 Å². The molecule has 3 atom stereocenters. The smallest absolute Gasteiger partial charge is 0.326 e. The van der Waals surface area contributed by atoms with Crippen LogP contribution in [0.15, 0.2) is 24.3 Å². The van der Waals surface area contributed by atoms with E-state index in [1.54, 1.807) is 7.11 Å². The molecule has 1 aromatic rings. The third kappa shape index (κ3) is 3.68. The van der Waals surface area contributed by atoms with Crippen LogP contribution < -0.4 is 10.1 Å². The number of benzene rings is 1. The van der Waals surface area contributed by atoms with Gasteiger partial charge in [-0.3, -0.25) is 14.5 Å². The number of nitrogens with one attached hydrogen (secondary N) is 1. The summed E-state index contributed by atoms with van der Waals surface area (Å²) in [5.41, 5.74) is 0.213. The van der Waals surface area contributed by atoms with Gasteiger partial charge in [0.05, 0.1) is 20.1 Å². The highest BCUT2D eigenvalue weighted by Crippen LogP contribution is 2.48. The molecule has 1 amide bonds. The van der Waals surface area contributed by atoms with E-state index in [9.17, 15) is 9.59 Å². The Morgan fingerprint density at radius 3 is 2.41 bits per heavy atom. The van der Waals surface area contributed by atoms with Crippen molar-refractivity contribution in [1.29, 1.82) is 0 Å². The topological polar surface area (TPSA) is 67.9 Å². The number of nitrogens with zero attached hydrogens (tertiary/aromatic N) is 1. The summed E-state index contributed by atoms with van der Waals surface area (Å²) >= 11 is 0. The Kier molecular flexibility index (Phi) is 5.75. The normalized spacial score (nSPS) is 28.0. The molecule has 1 N–H and O–H groups in total. The number of hydrogen-bond donors (Lipinski definition) is 1. The van der Waals surface area contributed by atoms with Crippen LogP contribution in [0.2, 0.25) is 0 Å². The standard InChI is InChI=1S/C21H30N2O4/c1-5-21(20(25)27-4)12-17(19(24)22-13-14-6-7-14)18(23(21)2)15-8-10-16(26-3)11-9-15/h8-11,14,17-18H,5-7,12-13H2,1-4H3,(H,22,24)/t17-,18-,21-/m0/s1. The van der Waals surface area contributed by atoms with Gasteiger partial charge in [0.1, 0.15) is 11.3 Å². The number of likely N-dealkylation sites (tertiary alicyclic amines) is 1. The van der Waals surface area contributed by atoms with Crippen molar-refractivity contribution < 1.29 is 19.1 Å². The van der Waals surface area contributed by atoms with Crippen LogP contribution in [-0.2, 0) is 14.3 Å². The molecule has 1 aliphatic carbocycles. The molecule has 0 bridgehead atoms. The van der Waals surface area contributed by atoms with Gasteiger partial charge in [-0.15, -0.1) is 0 Å². The van der Waals surface area contributed by atoms with Crippen molar-refractivity contribution in [3.8, 4) is 5.75 Å². The van der Waals surface area contributed by atoms with Crippen LogP contribution in [0.3, 0.4) is 0 Å². The minimum atomic E-state index is -0.791. The number of carbonyl (C=O) groups is 2. The number of esters is 1. The number of carbonyl (C=O) groups excluding carboxylic acids is 2. The Balaban J connectivity index is 1.92.